The molecule has 1 saturated heterocycles. The zero-order chi connectivity index (χ0) is 18.6. The second-order valence-corrected chi connectivity index (χ2v) is 7.21. The quantitative estimate of drug-likeness (QED) is 0.716. The van der Waals surface area contributed by atoms with E-state index in [9.17, 15) is 4.39 Å². The summed E-state index contributed by atoms with van der Waals surface area (Å²) in [5.74, 6) is 0.794. The lowest BCUT2D eigenvalue weighted by atomic mass is 10.0. The van der Waals surface area contributed by atoms with E-state index >= 15 is 0 Å². The number of piperidine rings is 1. The van der Waals surface area contributed by atoms with Crippen LogP contribution in [0.15, 0.2) is 59.5 Å². The Morgan fingerprint density at radius 1 is 1.22 bits per heavy atom. The van der Waals surface area contributed by atoms with Gasteiger partial charge in [0.25, 0.3) is 0 Å². The van der Waals surface area contributed by atoms with Gasteiger partial charge in [0.2, 0.25) is 0 Å². The number of furan rings is 1. The molecule has 0 spiro atoms. The van der Waals surface area contributed by atoms with E-state index in [1.165, 1.54) is 12.1 Å². The smallest absolute Gasteiger partial charge is 0.123 e. The largest absolute Gasteiger partial charge is 0.468 e. The molecule has 6 heteroatoms. The molecule has 27 heavy (non-hydrogen) atoms. The van der Waals surface area contributed by atoms with E-state index < -0.39 is 0 Å². The molecular formula is C21H25FN4O. The van der Waals surface area contributed by atoms with Crippen molar-refractivity contribution in [1.82, 2.24) is 20.0 Å². The lowest BCUT2D eigenvalue weighted by Gasteiger charge is -2.33. The highest BCUT2D eigenvalue weighted by atomic mass is 19.1. The Morgan fingerprint density at radius 3 is 2.70 bits per heavy atom. The molecule has 0 saturated carbocycles. The fourth-order valence-corrected chi connectivity index (χ4v) is 3.63. The molecule has 1 fully saturated rings. The minimum atomic E-state index is -0.237. The van der Waals surface area contributed by atoms with Crippen LogP contribution in [0.5, 0.6) is 0 Å². The number of benzene rings is 1. The SMILES string of the molecule is C[C@@H](NC1CCN(Cc2ccco2)CC1)c1cnn(-c2ccc(F)cc2)c1. The van der Waals surface area contributed by atoms with Crippen molar-refractivity contribution >= 4 is 0 Å². The Kier molecular flexibility index (Phi) is 5.36. The molecule has 0 radical (unpaired) electrons. The van der Waals surface area contributed by atoms with Crippen molar-refractivity contribution in [3.05, 3.63) is 72.2 Å². The highest BCUT2D eigenvalue weighted by Crippen LogP contribution is 2.19. The molecule has 0 amide bonds. The standard InChI is InChI=1S/C21H25FN4O/c1-16(17-13-23-26(14-17)20-6-4-18(22)5-7-20)24-19-8-10-25(11-9-19)15-21-3-2-12-27-21/h2-7,12-14,16,19,24H,8-11,15H2,1H3/t16-/m1/s1. The number of halogens is 1. The summed E-state index contributed by atoms with van der Waals surface area (Å²) in [7, 11) is 0. The fourth-order valence-electron chi connectivity index (χ4n) is 3.63. The van der Waals surface area contributed by atoms with E-state index in [0.717, 1.165) is 49.5 Å². The van der Waals surface area contributed by atoms with Crippen LogP contribution in [0.2, 0.25) is 0 Å². The Hall–Kier alpha value is -2.44. The summed E-state index contributed by atoms with van der Waals surface area (Å²) in [6, 6.07) is 11.1. The first kappa shape index (κ1) is 17.9. The molecule has 1 atom stereocenters. The van der Waals surface area contributed by atoms with Gasteiger partial charge < -0.3 is 9.73 Å². The molecule has 0 unspecified atom stereocenters. The summed E-state index contributed by atoms with van der Waals surface area (Å²) in [5, 5.41) is 8.14. The molecule has 1 aliphatic heterocycles. The van der Waals surface area contributed by atoms with Crippen molar-refractivity contribution in [3.8, 4) is 5.69 Å². The van der Waals surface area contributed by atoms with Gasteiger partial charge in [-0.05, 0) is 56.2 Å². The van der Waals surface area contributed by atoms with Gasteiger partial charge in [-0.25, -0.2) is 9.07 Å². The lowest BCUT2D eigenvalue weighted by Crippen LogP contribution is -2.42. The van der Waals surface area contributed by atoms with Crippen LogP contribution in [0.25, 0.3) is 5.69 Å². The second-order valence-electron chi connectivity index (χ2n) is 7.21. The van der Waals surface area contributed by atoms with Crippen LogP contribution in [0, 0.1) is 5.82 Å². The zero-order valence-electron chi connectivity index (χ0n) is 15.5. The normalized spacial score (nSPS) is 17.3. The summed E-state index contributed by atoms with van der Waals surface area (Å²) >= 11 is 0. The fraction of sp³-hybridized carbons (Fsp3) is 0.381. The van der Waals surface area contributed by atoms with Gasteiger partial charge in [0, 0.05) is 36.9 Å². The van der Waals surface area contributed by atoms with Crippen molar-refractivity contribution in [2.24, 2.45) is 0 Å². The molecule has 0 aliphatic carbocycles. The number of hydrogen-bond acceptors (Lipinski definition) is 4. The van der Waals surface area contributed by atoms with Crippen LogP contribution in [-0.2, 0) is 6.54 Å². The van der Waals surface area contributed by atoms with Crippen molar-refractivity contribution in [1.29, 1.82) is 0 Å². The minimum absolute atomic E-state index is 0.223. The lowest BCUT2D eigenvalue weighted by molar-refractivity contribution is 0.174. The van der Waals surface area contributed by atoms with Gasteiger partial charge in [-0.15, -0.1) is 0 Å². The predicted octanol–water partition coefficient (Wildman–Crippen LogP) is 3.92. The number of nitrogens with one attached hydrogen (secondary N) is 1. The second kappa shape index (κ2) is 8.06. The van der Waals surface area contributed by atoms with Gasteiger partial charge in [-0.1, -0.05) is 0 Å². The Bertz CT molecular complexity index is 835. The Labute approximate surface area is 158 Å². The molecule has 5 nitrogen and oxygen atoms in total. The summed E-state index contributed by atoms with van der Waals surface area (Å²) < 4.78 is 20.3. The number of hydrogen-bond donors (Lipinski definition) is 1. The number of nitrogens with zero attached hydrogens (tertiary/aromatic N) is 3. The molecule has 0 bridgehead atoms. The van der Waals surface area contributed by atoms with E-state index in [0.29, 0.717) is 6.04 Å². The Balaban J connectivity index is 1.29. The first-order chi connectivity index (χ1) is 13.2. The minimum Gasteiger partial charge on any atom is -0.468 e. The van der Waals surface area contributed by atoms with Crippen molar-refractivity contribution in [2.45, 2.75) is 38.4 Å². The molecule has 1 aromatic carbocycles. The molecule has 3 aromatic rings. The van der Waals surface area contributed by atoms with E-state index in [-0.39, 0.29) is 11.9 Å². The van der Waals surface area contributed by atoms with E-state index in [1.54, 1.807) is 23.1 Å². The Morgan fingerprint density at radius 2 is 2.00 bits per heavy atom. The van der Waals surface area contributed by atoms with Gasteiger partial charge in [0.15, 0.2) is 0 Å². The molecule has 1 aliphatic rings. The summed E-state index contributed by atoms with van der Waals surface area (Å²) in [6.45, 7) is 5.20. The number of rotatable bonds is 6. The summed E-state index contributed by atoms with van der Waals surface area (Å²) in [4.78, 5) is 2.44. The maximum Gasteiger partial charge on any atom is 0.123 e. The maximum absolute atomic E-state index is 13.1. The third kappa shape index (κ3) is 4.46. The van der Waals surface area contributed by atoms with Gasteiger partial charge in [0.1, 0.15) is 11.6 Å². The monoisotopic (exact) mass is 368 g/mol. The molecule has 1 N–H and O–H groups in total. The highest BCUT2D eigenvalue weighted by Gasteiger charge is 2.22. The van der Waals surface area contributed by atoms with Crippen LogP contribution in [0.4, 0.5) is 4.39 Å². The van der Waals surface area contributed by atoms with Gasteiger partial charge >= 0.3 is 0 Å². The number of aromatic nitrogens is 2. The molecular weight excluding hydrogens is 343 g/mol. The zero-order valence-corrected chi connectivity index (χ0v) is 15.5. The number of likely N-dealkylation sites (tertiary alicyclic amines) is 1. The molecule has 3 heterocycles. The first-order valence-corrected chi connectivity index (χ1v) is 9.48. The molecule has 2 aromatic heterocycles. The molecule has 4 rings (SSSR count). The van der Waals surface area contributed by atoms with Crippen molar-refractivity contribution in [3.63, 3.8) is 0 Å². The third-order valence-electron chi connectivity index (χ3n) is 5.23. The van der Waals surface area contributed by atoms with Crippen LogP contribution < -0.4 is 5.32 Å². The van der Waals surface area contributed by atoms with E-state index in [1.807, 2.05) is 24.5 Å². The maximum atomic E-state index is 13.1. The van der Waals surface area contributed by atoms with Crippen molar-refractivity contribution < 1.29 is 8.81 Å². The van der Waals surface area contributed by atoms with Gasteiger partial charge in [0.05, 0.1) is 24.7 Å². The van der Waals surface area contributed by atoms with Gasteiger partial charge in [-0.2, -0.15) is 5.10 Å². The average Bonchev–Trinajstić information content (AvgIpc) is 3.36. The molecule has 142 valence electrons. The van der Waals surface area contributed by atoms with Crippen molar-refractivity contribution in [2.75, 3.05) is 13.1 Å². The van der Waals surface area contributed by atoms with Crippen LogP contribution >= 0.6 is 0 Å². The predicted molar refractivity (Wildman–Crippen MR) is 102 cm³/mol. The van der Waals surface area contributed by atoms with Crippen LogP contribution in [0.3, 0.4) is 0 Å². The van der Waals surface area contributed by atoms with Crippen LogP contribution in [0.1, 0.15) is 37.1 Å². The van der Waals surface area contributed by atoms with E-state index in [2.05, 4.69) is 22.2 Å². The summed E-state index contributed by atoms with van der Waals surface area (Å²) in [6.07, 6.45) is 7.87. The first-order valence-electron chi connectivity index (χ1n) is 9.48. The van der Waals surface area contributed by atoms with Gasteiger partial charge in [-0.3, -0.25) is 4.90 Å². The topological polar surface area (TPSA) is 46.2 Å². The van der Waals surface area contributed by atoms with E-state index in [4.69, 9.17) is 4.42 Å². The average molecular weight is 368 g/mol. The highest BCUT2D eigenvalue weighted by molar-refractivity contribution is 5.32. The van der Waals surface area contributed by atoms with Crippen LogP contribution in [-0.4, -0.2) is 33.8 Å². The summed E-state index contributed by atoms with van der Waals surface area (Å²) in [5.41, 5.74) is 2.00. The third-order valence-corrected chi connectivity index (χ3v) is 5.23.